The van der Waals surface area contributed by atoms with Gasteiger partial charge in [-0.15, -0.1) is 0 Å². The van der Waals surface area contributed by atoms with Crippen LogP contribution in [0.15, 0.2) is 176 Å². The minimum absolute atomic E-state index is 0.553. The van der Waals surface area contributed by atoms with Gasteiger partial charge in [-0.1, -0.05) is 109 Å². The van der Waals surface area contributed by atoms with Gasteiger partial charge in [-0.05, 0) is 83.2 Å². The van der Waals surface area contributed by atoms with Crippen LogP contribution in [-0.2, 0) is 0 Å². The predicted molar refractivity (Wildman–Crippen MR) is 227 cm³/mol. The highest BCUT2D eigenvalue weighted by atomic mass is 15.0. The van der Waals surface area contributed by atoms with Gasteiger partial charge in [0.2, 0.25) is 5.69 Å². The Bertz CT molecular complexity index is 3420. The molecule has 0 atom stereocenters. The molecule has 8 aromatic carbocycles. The summed E-state index contributed by atoms with van der Waals surface area (Å²) in [4.78, 5) is 7.82. The molecule has 3 aromatic heterocycles. The van der Waals surface area contributed by atoms with Crippen molar-refractivity contribution in [2.45, 2.75) is 0 Å². The lowest BCUT2D eigenvalue weighted by Crippen LogP contribution is -1.97. The molecule has 0 saturated heterocycles. The molecular weight excluding hydrogens is 671 g/mol. The fourth-order valence-electron chi connectivity index (χ4n) is 8.73. The van der Waals surface area contributed by atoms with Crippen molar-refractivity contribution in [2.24, 2.45) is 0 Å². The van der Waals surface area contributed by atoms with Crippen molar-refractivity contribution >= 4 is 76.8 Å². The Hall–Kier alpha value is -7.86. The smallest absolute Gasteiger partial charge is 0.210 e. The van der Waals surface area contributed by atoms with Gasteiger partial charge in [0, 0.05) is 43.8 Å². The van der Waals surface area contributed by atoms with Crippen LogP contribution >= 0.6 is 0 Å². The summed E-state index contributed by atoms with van der Waals surface area (Å²) in [6.07, 6.45) is 0. The van der Waals surface area contributed by atoms with Crippen LogP contribution in [0.25, 0.3) is 103 Å². The molecule has 0 unspecified atom stereocenters. The Morgan fingerprint density at radius 2 is 0.836 bits per heavy atom. The first-order chi connectivity index (χ1) is 27.2. The molecule has 0 amide bonds. The monoisotopic (exact) mass is 699 g/mol. The molecule has 55 heavy (non-hydrogen) atoms. The Balaban J connectivity index is 1.09. The van der Waals surface area contributed by atoms with Crippen molar-refractivity contribution in [2.75, 3.05) is 0 Å². The summed E-state index contributed by atoms with van der Waals surface area (Å²) in [5.41, 5.74) is 12.7. The third-order valence-corrected chi connectivity index (χ3v) is 11.1. The van der Waals surface area contributed by atoms with E-state index in [4.69, 9.17) is 13.1 Å². The predicted octanol–water partition coefficient (Wildman–Crippen LogP) is 13.7. The van der Waals surface area contributed by atoms with Gasteiger partial charge in [0.05, 0.1) is 46.4 Å². The molecule has 0 fully saturated rings. The lowest BCUT2D eigenvalue weighted by atomic mass is 10.0. The van der Waals surface area contributed by atoms with Crippen LogP contribution < -0.4 is 0 Å². The zero-order valence-electron chi connectivity index (χ0n) is 29.5. The van der Waals surface area contributed by atoms with Gasteiger partial charge in [-0.2, -0.15) is 0 Å². The summed E-state index contributed by atoms with van der Waals surface area (Å²) in [5, 5.41) is 6.78. The van der Waals surface area contributed by atoms with Crippen LogP contribution in [0, 0.1) is 13.1 Å². The number of hydrogen-bond donors (Lipinski definition) is 0. The zero-order valence-corrected chi connectivity index (χ0v) is 29.5. The van der Waals surface area contributed by atoms with Crippen LogP contribution in [0.5, 0.6) is 0 Å². The van der Waals surface area contributed by atoms with Crippen molar-refractivity contribution in [3.05, 3.63) is 199 Å². The maximum atomic E-state index is 8.14. The van der Waals surface area contributed by atoms with Gasteiger partial charge in [-0.25, -0.2) is 9.69 Å². The van der Waals surface area contributed by atoms with Crippen LogP contribution in [0.1, 0.15) is 0 Å². The SMILES string of the molecule is [C-]#[N+]c1ccc(-c2cccc(-n3c4ccccc4c4cc(-n5c6ccccc6c6ccccc65)ccc43)c2)cc1-n1c2ccccc2c2c([N+]#[C-])cccc21. The minimum atomic E-state index is 0.553. The highest BCUT2D eigenvalue weighted by Gasteiger charge is 2.19. The van der Waals surface area contributed by atoms with E-state index >= 15 is 0 Å². The van der Waals surface area contributed by atoms with Gasteiger partial charge in [0.1, 0.15) is 0 Å². The molecule has 0 N–H and O–H groups in total. The molecule has 0 saturated carbocycles. The van der Waals surface area contributed by atoms with E-state index in [0.29, 0.717) is 11.4 Å². The summed E-state index contributed by atoms with van der Waals surface area (Å²) in [6.45, 7) is 16.0. The topological polar surface area (TPSA) is 23.5 Å². The standard InChI is InChI=1S/C50H29N5/c1-51-41-27-25-33(30-49(41)55-46-23-10-6-18-39(46)50-42(52-2)19-12-24-48(50)55)32-13-11-14-34(29-32)53-45-22-9-5-17-38(45)40-31-35(26-28-47(40)53)54-43-20-7-3-15-36(43)37-16-4-8-21-44(37)54/h3-31H. The number of fused-ring (bicyclic) bond motifs is 9. The van der Waals surface area contributed by atoms with E-state index in [1.807, 2.05) is 42.5 Å². The van der Waals surface area contributed by atoms with E-state index in [9.17, 15) is 0 Å². The summed E-state index contributed by atoms with van der Waals surface area (Å²) >= 11 is 0. The summed E-state index contributed by atoms with van der Waals surface area (Å²) < 4.78 is 6.87. The molecule has 5 nitrogen and oxygen atoms in total. The van der Waals surface area contributed by atoms with E-state index in [1.54, 1.807) is 0 Å². The molecule has 0 aliphatic carbocycles. The molecule has 254 valence electrons. The van der Waals surface area contributed by atoms with Gasteiger partial charge in [0.15, 0.2) is 5.69 Å². The minimum Gasteiger partial charge on any atom is -0.320 e. The second kappa shape index (κ2) is 11.8. The van der Waals surface area contributed by atoms with E-state index in [-0.39, 0.29) is 0 Å². The average Bonchev–Trinajstić information content (AvgIpc) is 3.89. The quantitative estimate of drug-likeness (QED) is 0.163. The van der Waals surface area contributed by atoms with E-state index in [0.717, 1.165) is 61.0 Å². The van der Waals surface area contributed by atoms with Crippen molar-refractivity contribution in [3.63, 3.8) is 0 Å². The molecule has 0 aliphatic heterocycles. The van der Waals surface area contributed by atoms with Crippen LogP contribution in [0.4, 0.5) is 11.4 Å². The average molecular weight is 700 g/mol. The lowest BCUT2D eigenvalue weighted by Gasteiger charge is -2.14. The molecule has 0 spiro atoms. The Morgan fingerprint density at radius 3 is 1.49 bits per heavy atom. The normalized spacial score (nSPS) is 11.6. The molecule has 3 heterocycles. The summed E-state index contributed by atoms with van der Waals surface area (Å²) in [6, 6.07) is 61.4. The zero-order chi connectivity index (χ0) is 36.6. The maximum Gasteiger partial charge on any atom is 0.210 e. The fraction of sp³-hybridized carbons (Fsp3) is 0. The number of para-hydroxylation sites is 4. The van der Waals surface area contributed by atoms with Gasteiger partial charge in [0.25, 0.3) is 0 Å². The number of rotatable bonds is 4. The molecule has 0 radical (unpaired) electrons. The van der Waals surface area contributed by atoms with E-state index in [1.165, 1.54) is 32.6 Å². The van der Waals surface area contributed by atoms with Crippen molar-refractivity contribution in [3.8, 4) is 28.2 Å². The number of hydrogen-bond acceptors (Lipinski definition) is 0. The Kier molecular flexibility index (Phi) is 6.61. The van der Waals surface area contributed by atoms with Gasteiger partial charge >= 0.3 is 0 Å². The fourth-order valence-corrected chi connectivity index (χ4v) is 8.73. The molecule has 0 aliphatic rings. The summed E-state index contributed by atoms with van der Waals surface area (Å²) in [7, 11) is 0. The van der Waals surface area contributed by atoms with Crippen molar-refractivity contribution < 1.29 is 0 Å². The highest BCUT2D eigenvalue weighted by molar-refractivity contribution is 6.16. The number of nitrogens with zero attached hydrogens (tertiary/aromatic N) is 5. The van der Waals surface area contributed by atoms with Gasteiger partial charge < -0.3 is 13.7 Å². The Morgan fingerprint density at radius 1 is 0.327 bits per heavy atom. The third-order valence-electron chi connectivity index (χ3n) is 11.1. The van der Waals surface area contributed by atoms with Crippen LogP contribution in [0.3, 0.4) is 0 Å². The number of aromatic nitrogens is 3. The first-order valence-electron chi connectivity index (χ1n) is 18.3. The summed E-state index contributed by atoms with van der Waals surface area (Å²) in [5.74, 6) is 0. The van der Waals surface area contributed by atoms with Crippen molar-refractivity contribution in [1.82, 2.24) is 13.7 Å². The molecule has 5 heteroatoms. The van der Waals surface area contributed by atoms with Gasteiger partial charge in [-0.3, -0.25) is 0 Å². The highest BCUT2D eigenvalue weighted by Crippen LogP contribution is 2.42. The molecule has 11 rings (SSSR count). The maximum absolute atomic E-state index is 8.14. The first-order valence-corrected chi connectivity index (χ1v) is 18.3. The molecule has 11 aromatic rings. The van der Waals surface area contributed by atoms with Crippen LogP contribution in [0.2, 0.25) is 0 Å². The first kappa shape index (κ1) is 30.7. The second-order valence-electron chi connectivity index (χ2n) is 13.9. The third kappa shape index (κ3) is 4.45. The molecular formula is C50H29N5. The largest absolute Gasteiger partial charge is 0.320 e. The second-order valence-corrected chi connectivity index (χ2v) is 13.9. The van der Waals surface area contributed by atoms with E-state index < -0.39 is 0 Å². The lowest BCUT2D eigenvalue weighted by molar-refractivity contribution is 1.16. The van der Waals surface area contributed by atoms with Crippen molar-refractivity contribution in [1.29, 1.82) is 0 Å². The molecule has 0 bridgehead atoms. The Labute approximate surface area is 316 Å². The number of benzene rings is 8. The van der Waals surface area contributed by atoms with E-state index in [2.05, 4.69) is 157 Å². The van der Waals surface area contributed by atoms with Crippen LogP contribution in [-0.4, -0.2) is 13.7 Å².